The summed E-state index contributed by atoms with van der Waals surface area (Å²) in [7, 11) is 0. The third kappa shape index (κ3) is 5.83. The molecule has 1 amide bonds. The number of carbonyl (C=O) groups is 1. The minimum Gasteiger partial charge on any atom is -0.389 e. The second-order valence-corrected chi connectivity index (χ2v) is 6.15. The molecule has 2 aromatic rings. The molecule has 2 N–H and O–H groups in total. The van der Waals surface area contributed by atoms with E-state index in [1.165, 1.54) is 18.3 Å². The van der Waals surface area contributed by atoms with Crippen molar-refractivity contribution in [3.05, 3.63) is 80.5 Å². The molecule has 0 radical (unpaired) electrons. The SMILES string of the molecule is Cc1cccc(CCN/C=C(/C#N)C(=O)Nc2ccc(Cl)c([N+](=O)[O-])c2)c1. The zero-order chi connectivity index (χ0) is 19.8. The molecule has 7 nitrogen and oxygen atoms in total. The van der Waals surface area contributed by atoms with Crippen LogP contribution < -0.4 is 10.6 Å². The molecule has 0 bridgehead atoms. The van der Waals surface area contributed by atoms with Crippen LogP contribution in [0, 0.1) is 28.4 Å². The first-order valence-corrected chi connectivity index (χ1v) is 8.43. The summed E-state index contributed by atoms with van der Waals surface area (Å²) in [5.41, 5.74) is 2.02. The third-order valence-electron chi connectivity index (χ3n) is 3.65. The van der Waals surface area contributed by atoms with E-state index in [-0.39, 0.29) is 22.0 Å². The Morgan fingerprint density at radius 3 is 2.78 bits per heavy atom. The van der Waals surface area contributed by atoms with Gasteiger partial charge in [-0.1, -0.05) is 41.4 Å². The van der Waals surface area contributed by atoms with Crippen LogP contribution in [0.15, 0.2) is 54.2 Å². The van der Waals surface area contributed by atoms with Crippen molar-refractivity contribution < 1.29 is 9.72 Å². The van der Waals surface area contributed by atoms with Crippen LogP contribution >= 0.6 is 11.6 Å². The summed E-state index contributed by atoms with van der Waals surface area (Å²) in [6, 6.07) is 13.7. The molecule has 2 aromatic carbocycles. The molecule has 0 saturated carbocycles. The standard InChI is InChI=1S/C19H17ClN4O3/c1-13-3-2-4-14(9-13)7-8-22-12-15(11-21)19(25)23-16-5-6-17(20)18(10-16)24(26)27/h2-6,9-10,12,22H,7-8H2,1H3,(H,23,25)/b15-12-. The zero-order valence-electron chi connectivity index (χ0n) is 14.5. The first-order valence-electron chi connectivity index (χ1n) is 8.05. The average molecular weight is 385 g/mol. The number of anilines is 1. The molecule has 0 fully saturated rings. The molecule has 138 valence electrons. The molecule has 27 heavy (non-hydrogen) atoms. The van der Waals surface area contributed by atoms with E-state index in [2.05, 4.69) is 16.7 Å². The fraction of sp³-hybridized carbons (Fsp3) is 0.158. The van der Waals surface area contributed by atoms with E-state index in [9.17, 15) is 14.9 Å². The van der Waals surface area contributed by atoms with Gasteiger partial charge in [-0.15, -0.1) is 0 Å². The van der Waals surface area contributed by atoms with Crippen LogP contribution in [0.1, 0.15) is 11.1 Å². The fourth-order valence-corrected chi connectivity index (χ4v) is 2.52. The molecule has 0 atom stereocenters. The maximum Gasteiger partial charge on any atom is 0.289 e. The number of nitrogens with one attached hydrogen (secondary N) is 2. The number of hydrogen-bond donors (Lipinski definition) is 2. The first kappa shape index (κ1) is 19.9. The van der Waals surface area contributed by atoms with Gasteiger partial charge in [-0.25, -0.2) is 0 Å². The van der Waals surface area contributed by atoms with Gasteiger partial charge < -0.3 is 10.6 Å². The number of nitrogens with zero attached hydrogens (tertiary/aromatic N) is 2. The number of carbonyl (C=O) groups excluding carboxylic acids is 1. The molecule has 0 aromatic heterocycles. The van der Waals surface area contributed by atoms with Crippen LogP contribution in [0.5, 0.6) is 0 Å². The van der Waals surface area contributed by atoms with E-state index in [0.29, 0.717) is 6.54 Å². The van der Waals surface area contributed by atoms with E-state index in [1.54, 1.807) is 6.07 Å². The van der Waals surface area contributed by atoms with Crippen LogP contribution in [0.2, 0.25) is 5.02 Å². The molecule has 0 spiro atoms. The van der Waals surface area contributed by atoms with Crippen molar-refractivity contribution in [1.82, 2.24) is 5.32 Å². The quantitative estimate of drug-likeness (QED) is 0.248. The van der Waals surface area contributed by atoms with Crippen molar-refractivity contribution in [2.75, 3.05) is 11.9 Å². The van der Waals surface area contributed by atoms with Gasteiger partial charge in [-0.05, 0) is 31.0 Å². The summed E-state index contributed by atoms with van der Waals surface area (Å²) >= 11 is 5.73. The monoisotopic (exact) mass is 384 g/mol. The fourth-order valence-electron chi connectivity index (χ4n) is 2.34. The number of halogens is 1. The minimum absolute atomic E-state index is 0.0353. The van der Waals surface area contributed by atoms with Gasteiger partial charge >= 0.3 is 0 Å². The lowest BCUT2D eigenvalue weighted by atomic mass is 10.1. The number of hydrogen-bond acceptors (Lipinski definition) is 5. The Bertz CT molecular complexity index is 935. The average Bonchev–Trinajstić information content (AvgIpc) is 2.63. The van der Waals surface area contributed by atoms with Crippen molar-refractivity contribution in [2.24, 2.45) is 0 Å². The highest BCUT2D eigenvalue weighted by atomic mass is 35.5. The van der Waals surface area contributed by atoms with Gasteiger partial charge in [-0.3, -0.25) is 14.9 Å². The Labute approximate surface area is 161 Å². The van der Waals surface area contributed by atoms with Gasteiger partial charge in [-0.2, -0.15) is 5.26 Å². The highest BCUT2D eigenvalue weighted by molar-refractivity contribution is 6.32. The molecule has 0 aliphatic carbocycles. The predicted molar refractivity (Wildman–Crippen MR) is 103 cm³/mol. The first-order chi connectivity index (χ1) is 12.9. The van der Waals surface area contributed by atoms with Crippen LogP contribution in [0.3, 0.4) is 0 Å². The van der Waals surface area contributed by atoms with Gasteiger partial charge in [0.2, 0.25) is 0 Å². The van der Waals surface area contributed by atoms with Gasteiger partial charge in [0, 0.05) is 24.5 Å². The van der Waals surface area contributed by atoms with Gasteiger partial charge in [0.15, 0.2) is 0 Å². The highest BCUT2D eigenvalue weighted by Gasteiger charge is 2.15. The number of benzene rings is 2. The van der Waals surface area contributed by atoms with Gasteiger partial charge in [0.05, 0.1) is 4.92 Å². The lowest BCUT2D eigenvalue weighted by Gasteiger charge is -2.06. The molecule has 0 unspecified atom stereocenters. The van der Waals surface area contributed by atoms with Crippen LogP contribution in [-0.2, 0) is 11.2 Å². The molecule has 0 aliphatic heterocycles. The molecular weight excluding hydrogens is 368 g/mol. The van der Waals surface area contributed by atoms with Gasteiger partial charge in [0.25, 0.3) is 11.6 Å². The minimum atomic E-state index is -0.669. The Balaban J connectivity index is 1.97. The lowest BCUT2D eigenvalue weighted by molar-refractivity contribution is -0.384. The van der Waals surface area contributed by atoms with Crippen LogP contribution in [0.4, 0.5) is 11.4 Å². The Morgan fingerprint density at radius 1 is 1.33 bits per heavy atom. The molecule has 2 rings (SSSR count). The third-order valence-corrected chi connectivity index (χ3v) is 3.97. The highest BCUT2D eigenvalue weighted by Crippen LogP contribution is 2.27. The van der Waals surface area contributed by atoms with E-state index in [4.69, 9.17) is 16.9 Å². The summed E-state index contributed by atoms with van der Waals surface area (Å²) in [4.78, 5) is 22.4. The lowest BCUT2D eigenvalue weighted by Crippen LogP contribution is -2.18. The molecule has 0 saturated heterocycles. The number of amides is 1. The largest absolute Gasteiger partial charge is 0.389 e. The zero-order valence-corrected chi connectivity index (χ0v) is 15.3. The number of rotatable bonds is 7. The van der Waals surface area contributed by atoms with Crippen molar-refractivity contribution >= 4 is 28.9 Å². The topological polar surface area (TPSA) is 108 Å². The second-order valence-electron chi connectivity index (χ2n) is 5.74. The Hall–Kier alpha value is -3.37. The van der Waals surface area contributed by atoms with E-state index in [0.717, 1.165) is 23.6 Å². The maximum atomic E-state index is 12.2. The molecule has 0 aliphatic rings. The normalized spacial score (nSPS) is 10.8. The number of nitriles is 1. The van der Waals surface area contributed by atoms with Crippen LogP contribution in [0.25, 0.3) is 0 Å². The maximum absolute atomic E-state index is 12.2. The van der Waals surface area contributed by atoms with Crippen molar-refractivity contribution in [1.29, 1.82) is 5.26 Å². The smallest absolute Gasteiger partial charge is 0.289 e. The van der Waals surface area contributed by atoms with Gasteiger partial charge in [0.1, 0.15) is 16.7 Å². The molecule has 0 heterocycles. The second kappa shape index (κ2) is 9.36. The van der Waals surface area contributed by atoms with Crippen molar-refractivity contribution in [3.8, 4) is 6.07 Å². The van der Waals surface area contributed by atoms with E-state index < -0.39 is 10.8 Å². The molecule has 8 heteroatoms. The summed E-state index contributed by atoms with van der Waals surface area (Å²) in [5, 5.41) is 25.4. The summed E-state index contributed by atoms with van der Waals surface area (Å²) in [6.45, 7) is 2.56. The van der Waals surface area contributed by atoms with Crippen LogP contribution in [-0.4, -0.2) is 17.4 Å². The van der Waals surface area contributed by atoms with Crippen molar-refractivity contribution in [2.45, 2.75) is 13.3 Å². The van der Waals surface area contributed by atoms with Crippen molar-refractivity contribution in [3.63, 3.8) is 0 Å². The summed E-state index contributed by atoms with van der Waals surface area (Å²) in [5.74, 6) is -0.669. The molecular formula is C19H17ClN4O3. The Kier molecular flexibility index (Phi) is 6.92. The number of nitro benzene ring substituents is 1. The number of aryl methyl sites for hydroxylation is 1. The summed E-state index contributed by atoms with van der Waals surface area (Å²) < 4.78 is 0. The Morgan fingerprint density at radius 2 is 2.11 bits per heavy atom. The number of nitro groups is 1. The van der Waals surface area contributed by atoms with E-state index >= 15 is 0 Å². The van der Waals surface area contributed by atoms with E-state index in [1.807, 2.05) is 25.1 Å². The summed E-state index contributed by atoms with van der Waals surface area (Å²) in [6.07, 6.45) is 2.07. The predicted octanol–water partition coefficient (Wildman–Crippen LogP) is 3.73.